The van der Waals surface area contributed by atoms with Crippen molar-refractivity contribution in [3.05, 3.63) is 53.1 Å². The standard InChI is InChI=1S/C22H24ClN3O4S2/c1-14-8-10-26(11-9-14)22(28)20-21(27)25-18-12-16(6-7-19(18)31-20)32(29,30)24-13-15-4-2-3-5-17(15)23/h2-7,12,14,20,24H,8-11,13H2,1H3,(H,25,27). The minimum absolute atomic E-state index is 0.0269. The molecule has 2 aliphatic rings. The number of piperidine rings is 1. The second-order valence-electron chi connectivity index (χ2n) is 8.07. The molecule has 1 saturated heterocycles. The molecular weight excluding hydrogens is 470 g/mol. The van der Waals surface area contributed by atoms with Crippen LogP contribution in [-0.2, 0) is 26.2 Å². The first-order chi connectivity index (χ1) is 15.2. The van der Waals surface area contributed by atoms with Gasteiger partial charge in [-0.3, -0.25) is 9.59 Å². The van der Waals surface area contributed by atoms with Crippen molar-refractivity contribution in [3.63, 3.8) is 0 Å². The van der Waals surface area contributed by atoms with Gasteiger partial charge in [0.2, 0.25) is 21.8 Å². The van der Waals surface area contributed by atoms with Crippen molar-refractivity contribution in [3.8, 4) is 0 Å². The van der Waals surface area contributed by atoms with Crippen molar-refractivity contribution < 1.29 is 18.0 Å². The summed E-state index contributed by atoms with van der Waals surface area (Å²) >= 11 is 7.26. The number of halogens is 1. The zero-order valence-corrected chi connectivity index (χ0v) is 19.9. The van der Waals surface area contributed by atoms with E-state index in [4.69, 9.17) is 11.6 Å². The summed E-state index contributed by atoms with van der Waals surface area (Å²) < 4.78 is 28.0. The van der Waals surface area contributed by atoms with Gasteiger partial charge in [0.25, 0.3) is 0 Å². The fourth-order valence-electron chi connectivity index (χ4n) is 3.71. The van der Waals surface area contributed by atoms with Crippen molar-refractivity contribution in [1.82, 2.24) is 9.62 Å². The number of amides is 2. The van der Waals surface area contributed by atoms with Crippen LogP contribution in [0.5, 0.6) is 0 Å². The smallest absolute Gasteiger partial charge is 0.247 e. The van der Waals surface area contributed by atoms with Gasteiger partial charge >= 0.3 is 0 Å². The lowest BCUT2D eigenvalue weighted by Gasteiger charge is -2.33. The Bertz CT molecular complexity index is 1150. The third kappa shape index (κ3) is 4.96. The second kappa shape index (κ2) is 9.43. The zero-order chi connectivity index (χ0) is 22.9. The van der Waals surface area contributed by atoms with Gasteiger partial charge < -0.3 is 10.2 Å². The van der Waals surface area contributed by atoms with Crippen LogP contribution < -0.4 is 10.0 Å². The number of nitrogens with one attached hydrogen (secondary N) is 2. The third-order valence-corrected chi connectivity index (χ3v) is 8.76. The highest BCUT2D eigenvalue weighted by Gasteiger charge is 2.37. The fraction of sp³-hybridized carbons (Fsp3) is 0.364. The zero-order valence-electron chi connectivity index (χ0n) is 17.5. The van der Waals surface area contributed by atoms with Crippen molar-refractivity contribution in [2.75, 3.05) is 18.4 Å². The summed E-state index contributed by atoms with van der Waals surface area (Å²) in [6, 6.07) is 11.5. The monoisotopic (exact) mass is 493 g/mol. The van der Waals surface area contributed by atoms with E-state index in [0.717, 1.165) is 24.6 Å². The van der Waals surface area contributed by atoms with E-state index < -0.39 is 21.2 Å². The molecule has 4 rings (SSSR count). The van der Waals surface area contributed by atoms with E-state index in [-0.39, 0.29) is 17.3 Å². The van der Waals surface area contributed by atoms with Crippen LogP contribution in [-0.4, -0.2) is 43.5 Å². The number of anilines is 1. The molecule has 0 saturated carbocycles. The van der Waals surface area contributed by atoms with Gasteiger partial charge in [0.15, 0.2) is 5.25 Å². The summed E-state index contributed by atoms with van der Waals surface area (Å²) in [7, 11) is -3.82. The first-order valence-corrected chi connectivity index (χ1v) is 13.1. The summed E-state index contributed by atoms with van der Waals surface area (Å²) in [6.45, 7) is 3.53. The number of carbonyl (C=O) groups is 2. The molecule has 170 valence electrons. The Morgan fingerprint density at radius 1 is 1.22 bits per heavy atom. The van der Waals surface area contributed by atoms with Crippen molar-refractivity contribution in [1.29, 1.82) is 0 Å². The van der Waals surface area contributed by atoms with E-state index in [0.29, 0.717) is 40.2 Å². The normalized spacial score (nSPS) is 19.4. The van der Waals surface area contributed by atoms with Gasteiger partial charge in [0, 0.05) is 29.6 Å². The van der Waals surface area contributed by atoms with Crippen LogP contribution >= 0.6 is 23.4 Å². The quantitative estimate of drug-likeness (QED) is 0.621. The number of hydrogen-bond acceptors (Lipinski definition) is 5. The third-order valence-electron chi connectivity index (χ3n) is 5.73. The first kappa shape index (κ1) is 23.1. The first-order valence-electron chi connectivity index (χ1n) is 10.4. The summed E-state index contributed by atoms with van der Waals surface area (Å²) in [6.07, 6.45) is 1.87. The number of benzene rings is 2. The summed E-state index contributed by atoms with van der Waals surface area (Å²) in [5.41, 5.74) is 1.05. The number of nitrogens with zero attached hydrogens (tertiary/aromatic N) is 1. The number of carbonyl (C=O) groups excluding carboxylic acids is 2. The molecule has 7 nitrogen and oxygen atoms in total. The van der Waals surface area contributed by atoms with Gasteiger partial charge in [-0.15, -0.1) is 11.8 Å². The van der Waals surface area contributed by atoms with Crippen LogP contribution in [0.25, 0.3) is 0 Å². The molecular formula is C22H24ClN3O4S2. The Labute approximate surface area is 196 Å². The highest BCUT2D eigenvalue weighted by Crippen LogP contribution is 2.38. The Hall–Kier alpha value is -2.07. The molecule has 0 radical (unpaired) electrons. The molecule has 0 aromatic heterocycles. The molecule has 0 aliphatic carbocycles. The lowest BCUT2D eigenvalue weighted by Crippen LogP contribution is -2.47. The molecule has 32 heavy (non-hydrogen) atoms. The Morgan fingerprint density at radius 3 is 2.66 bits per heavy atom. The average molecular weight is 494 g/mol. The minimum atomic E-state index is -3.82. The number of hydrogen-bond donors (Lipinski definition) is 2. The van der Waals surface area contributed by atoms with Crippen LogP contribution in [0.4, 0.5) is 5.69 Å². The van der Waals surface area contributed by atoms with Gasteiger partial charge in [-0.25, -0.2) is 13.1 Å². The molecule has 2 aromatic carbocycles. The van der Waals surface area contributed by atoms with Gasteiger partial charge in [-0.1, -0.05) is 36.7 Å². The molecule has 1 unspecified atom stereocenters. The van der Waals surface area contributed by atoms with Crippen LogP contribution in [0, 0.1) is 5.92 Å². The molecule has 2 amide bonds. The van der Waals surface area contributed by atoms with Crippen LogP contribution in [0.15, 0.2) is 52.3 Å². The number of likely N-dealkylation sites (tertiary alicyclic amines) is 1. The molecule has 0 spiro atoms. The maximum Gasteiger partial charge on any atom is 0.247 e. The maximum atomic E-state index is 12.9. The molecule has 10 heteroatoms. The highest BCUT2D eigenvalue weighted by molar-refractivity contribution is 8.01. The average Bonchev–Trinajstić information content (AvgIpc) is 2.78. The van der Waals surface area contributed by atoms with Crippen molar-refractivity contribution in [2.45, 2.75) is 41.4 Å². The molecule has 0 bridgehead atoms. The Morgan fingerprint density at radius 2 is 1.94 bits per heavy atom. The molecule has 2 aliphatic heterocycles. The number of sulfonamides is 1. The topological polar surface area (TPSA) is 95.6 Å². The van der Waals surface area contributed by atoms with Crippen molar-refractivity contribution >= 4 is 50.9 Å². The number of fused-ring (bicyclic) bond motifs is 1. The lowest BCUT2D eigenvalue weighted by molar-refractivity contribution is -0.135. The van der Waals surface area contributed by atoms with Gasteiger partial charge in [-0.2, -0.15) is 0 Å². The Kier molecular flexibility index (Phi) is 6.80. The number of thioether (sulfide) groups is 1. The maximum absolute atomic E-state index is 12.9. The molecule has 2 N–H and O–H groups in total. The molecule has 2 aromatic rings. The van der Waals surface area contributed by atoms with Gasteiger partial charge in [0.1, 0.15) is 0 Å². The van der Waals surface area contributed by atoms with E-state index in [1.165, 1.54) is 12.1 Å². The van der Waals surface area contributed by atoms with Crippen LogP contribution in [0.3, 0.4) is 0 Å². The fourth-order valence-corrected chi connectivity index (χ4v) is 6.00. The summed E-state index contributed by atoms with van der Waals surface area (Å²) in [4.78, 5) is 28.0. The summed E-state index contributed by atoms with van der Waals surface area (Å²) in [5.74, 6) is -0.0349. The second-order valence-corrected chi connectivity index (χ2v) is 11.4. The minimum Gasteiger partial charge on any atom is -0.341 e. The van der Waals surface area contributed by atoms with E-state index in [1.54, 1.807) is 35.2 Å². The predicted octanol–water partition coefficient (Wildman–Crippen LogP) is 3.49. The largest absolute Gasteiger partial charge is 0.341 e. The van der Waals surface area contributed by atoms with E-state index >= 15 is 0 Å². The summed E-state index contributed by atoms with van der Waals surface area (Å²) in [5, 5.41) is 2.32. The highest BCUT2D eigenvalue weighted by atomic mass is 35.5. The van der Waals surface area contributed by atoms with Crippen molar-refractivity contribution in [2.24, 2.45) is 5.92 Å². The van der Waals surface area contributed by atoms with Crippen LogP contribution in [0.2, 0.25) is 5.02 Å². The molecule has 1 atom stereocenters. The predicted molar refractivity (Wildman–Crippen MR) is 125 cm³/mol. The number of rotatable bonds is 5. The van der Waals surface area contributed by atoms with E-state index in [1.807, 2.05) is 0 Å². The van der Waals surface area contributed by atoms with Gasteiger partial charge in [0.05, 0.1) is 10.6 Å². The van der Waals surface area contributed by atoms with Crippen LogP contribution in [0.1, 0.15) is 25.3 Å². The van der Waals surface area contributed by atoms with Gasteiger partial charge in [-0.05, 0) is 48.6 Å². The lowest BCUT2D eigenvalue weighted by atomic mass is 9.99. The van der Waals surface area contributed by atoms with E-state index in [9.17, 15) is 18.0 Å². The Balaban J connectivity index is 1.47. The van der Waals surface area contributed by atoms with E-state index in [2.05, 4.69) is 17.0 Å². The molecule has 1 fully saturated rings. The SMILES string of the molecule is CC1CCN(C(=O)C2Sc3ccc(S(=O)(=O)NCc4ccccc4Cl)cc3NC2=O)CC1. The molecule has 2 heterocycles.